The highest BCUT2D eigenvalue weighted by atomic mass is 35.5. The number of amides is 1. The lowest BCUT2D eigenvalue weighted by atomic mass is 10.1. The first kappa shape index (κ1) is 28.8. The van der Waals surface area contributed by atoms with Gasteiger partial charge in [0.1, 0.15) is 0 Å². The number of pyridine rings is 1. The maximum absolute atomic E-state index is 14.5. The first-order valence-electron chi connectivity index (χ1n) is 10.4. The molecule has 0 unspecified atom stereocenters. The zero-order chi connectivity index (χ0) is 21.9. The number of hydrogen-bond donors (Lipinski definition) is 3. The van der Waals surface area contributed by atoms with Crippen LogP contribution in [0.4, 0.5) is 4.39 Å². The number of halogens is 3. The summed E-state index contributed by atoms with van der Waals surface area (Å²) in [5.74, 6) is -0.694. The minimum absolute atomic E-state index is 0. The molecule has 11 heteroatoms. The zero-order valence-corrected chi connectivity index (χ0v) is 20.8. The van der Waals surface area contributed by atoms with Crippen LogP contribution in [0.1, 0.15) is 39.5 Å². The molecule has 4 N–H and O–H groups in total. The molecule has 1 aromatic heterocycles. The summed E-state index contributed by atoms with van der Waals surface area (Å²) in [6.07, 6.45) is 5.66. The Kier molecular flexibility index (Phi) is 11.1. The van der Waals surface area contributed by atoms with Gasteiger partial charge in [-0.3, -0.25) is 18.9 Å². The molecule has 2 aromatic rings. The van der Waals surface area contributed by atoms with Crippen LogP contribution in [0.15, 0.2) is 35.5 Å². The van der Waals surface area contributed by atoms with Crippen molar-refractivity contribution < 1.29 is 18.3 Å². The van der Waals surface area contributed by atoms with Crippen molar-refractivity contribution in [3.63, 3.8) is 0 Å². The molecule has 1 aliphatic rings. The quantitative estimate of drug-likeness (QED) is 0.521. The molecule has 0 spiro atoms. The summed E-state index contributed by atoms with van der Waals surface area (Å²) in [4.78, 5) is 18.5. The van der Waals surface area contributed by atoms with Crippen LogP contribution in [0, 0.1) is 5.82 Å². The van der Waals surface area contributed by atoms with E-state index in [1.54, 1.807) is 27.4 Å². The molecule has 1 saturated heterocycles. The van der Waals surface area contributed by atoms with Gasteiger partial charge < -0.3 is 10.6 Å². The molecule has 2 atom stereocenters. The second-order valence-corrected chi connectivity index (χ2v) is 9.82. The van der Waals surface area contributed by atoms with Gasteiger partial charge in [0.15, 0.2) is 5.82 Å². The van der Waals surface area contributed by atoms with Gasteiger partial charge in [-0.15, -0.1) is 35.6 Å². The van der Waals surface area contributed by atoms with E-state index in [9.17, 15) is 18.3 Å². The van der Waals surface area contributed by atoms with Crippen molar-refractivity contribution >= 4 is 52.3 Å². The van der Waals surface area contributed by atoms with Crippen LogP contribution in [0.2, 0.25) is 0 Å². The Bertz CT molecular complexity index is 903. The predicted octanol–water partition coefficient (Wildman–Crippen LogP) is 4.68. The predicted molar refractivity (Wildman–Crippen MR) is 132 cm³/mol. The molecule has 3 rings (SSSR count). The van der Waals surface area contributed by atoms with Gasteiger partial charge >= 0.3 is 0 Å². The van der Waals surface area contributed by atoms with Gasteiger partial charge in [0.05, 0.1) is 17.1 Å². The summed E-state index contributed by atoms with van der Waals surface area (Å²) in [5.41, 5.74) is 6.08. The summed E-state index contributed by atoms with van der Waals surface area (Å²) in [6, 6.07) is 4.03. The third-order valence-corrected chi connectivity index (χ3v) is 7.73. The fourth-order valence-corrected chi connectivity index (χ4v) is 5.97. The Labute approximate surface area is 202 Å². The van der Waals surface area contributed by atoms with E-state index in [1.807, 2.05) is 6.92 Å². The molecule has 0 radical (unpaired) electrons. The first-order chi connectivity index (χ1) is 14.3. The standard InChI is InChI=1S/C21H31FN4O3S.2ClH/c1-3-4-8-18(23)21(27)25-10-6-11-26(15(2)14-25)30(28,29)19-9-5-7-16-12-24-13-17(22)20(16)19;;/h5,7,9,12-13,15,18,28-29H,3-4,6,8,10-11,14,23H2,1-2H3;2*1H/t15-,18+;;/m0../s1. The number of unbranched alkanes of at least 4 members (excludes halogenated alkanes) is 1. The van der Waals surface area contributed by atoms with Crippen LogP contribution in [0.5, 0.6) is 0 Å². The highest BCUT2D eigenvalue weighted by Gasteiger charge is 2.35. The Hall–Kier alpha value is -1.20. The average Bonchev–Trinajstić information content (AvgIpc) is 2.93. The second kappa shape index (κ2) is 12.3. The van der Waals surface area contributed by atoms with Gasteiger partial charge in [-0.25, -0.2) is 4.39 Å². The number of carbonyl (C=O) groups excluding carboxylic acids is 1. The second-order valence-electron chi connectivity index (χ2n) is 7.87. The van der Waals surface area contributed by atoms with Crippen molar-refractivity contribution in [3.8, 4) is 0 Å². The van der Waals surface area contributed by atoms with E-state index in [4.69, 9.17) is 5.73 Å². The van der Waals surface area contributed by atoms with Crippen molar-refractivity contribution in [3.05, 3.63) is 36.4 Å². The maximum atomic E-state index is 14.5. The van der Waals surface area contributed by atoms with Crippen LogP contribution < -0.4 is 5.73 Å². The van der Waals surface area contributed by atoms with E-state index in [0.717, 1.165) is 19.0 Å². The third-order valence-electron chi connectivity index (χ3n) is 5.60. The van der Waals surface area contributed by atoms with Crippen LogP contribution in [-0.2, 0) is 4.79 Å². The SMILES string of the molecule is CCCC[C@@H](N)C(=O)N1CCCN(S(O)(O)c2cccc3cncc(F)c23)[C@@H](C)C1.Cl.Cl. The van der Waals surface area contributed by atoms with E-state index in [2.05, 4.69) is 11.9 Å². The van der Waals surface area contributed by atoms with Gasteiger partial charge in [0, 0.05) is 42.6 Å². The van der Waals surface area contributed by atoms with Crippen molar-refractivity contribution in [1.29, 1.82) is 0 Å². The summed E-state index contributed by atoms with van der Waals surface area (Å²) in [6.45, 7) is 5.12. The van der Waals surface area contributed by atoms with Crippen molar-refractivity contribution in [2.45, 2.75) is 56.5 Å². The molecule has 32 heavy (non-hydrogen) atoms. The molecule has 0 saturated carbocycles. The van der Waals surface area contributed by atoms with Crippen LogP contribution in [-0.4, -0.2) is 60.9 Å². The monoisotopic (exact) mass is 510 g/mol. The average molecular weight is 511 g/mol. The fraction of sp³-hybridized carbons (Fsp3) is 0.524. The minimum atomic E-state index is -3.47. The number of benzene rings is 1. The van der Waals surface area contributed by atoms with Crippen LogP contribution in [0.3, 0.4) is 0 Å². The summed E-state index contributed by atoms with van der Waals surface area (Å²) < 4.78 is 38.6. The molecule has 7 nitrogen and oxygen atoms in total. The molecule has 2 heterocycles. The molecule has 0 aliphatic carbocycles. The minimum Gasteiger partial charge on any atom is -0.340 e. The molecule has 1 aromatic carbocycles. The van der Waals surface area contributed by atoms with Gasteiger partial charge in [0.25, 0.3) is 0 Å². The normalized spacial score (nSPS) is 18.9. The highest BCUT2D eigenvalue weighted by molar-refractivity contribution is 8.22. The lowest BCUT2D eigenvalue weighted by Crippen LogP contribution is -2.47. The number of hydrogen-bond acceptors (Lipinski definition) is 6. The van der Waals surface area contributed by atoms with E-state index < -0.39 is 22.6 Å². The number of carbonyl (C=O) groups is 1. The van der Waals surface area contributed by atoms with Gasteiger partial charge in [0.2, 0.25) is 5.91 Å². The molecule has 0 bridgehead atoms. The Morgan fingerprint density at radius 3 is 2.72 bits per heavy atom. The molecule has 1 aliphatic heterocycles. The van der Waals surface area contributed by atoms with Crippen molar-refractivity contribution in [2.75, 3.05) is 19.6 Å². The topological polar surface area (TPSA) is 103 Å². The van der Waals surface area contributed by atoms with Gasteiger partial charge in [-0.1, -0.05) is 31.9 Å². The van der Waals surface area contributed by atoms with Crippen LogP contribution >= 0.6 is 35.6 Å². The number of aromatic nitrogens is 1. The van der Waals surface area contributed by atoms with Crippen LogP contribution in [0.25, 0.3) is 10.8 Å². The number of fused-ring (bicyclic) bond motifs is 1. The first-order valence-corrected chi connectivity index (χ1v) is 11.9. The lowest BCUT2D eigenvalue weighted by molar-refractivity contribution is -0.133. The van der Waals surface area contributed by atoms with E-state index in [0.29, 0.717) is 37.9 Å². The largest absolute Gasteiger partial charge is 0.340 e. The molecule has 182 valence electrons. The van der Waals surface area contributed by atoms with Gasteiger partial charge in [-0.2, -0.15) is 4.31 Å². The molecular weight excluding hydrogens is 478 g/mol. The van der Waals surface area contributed by atoms with E-state index in [-0.39, 0.29) is 47.0 Å². The molecular formula is C21H33Cl2FN4O3S. The number of nitrogens with zero attached hydrogens (tertiary/aromatic N) is 3. The summed E-state index contributed by atoms with van der Waals surface area (Å²) in [5, 5.41) is 0.673. The lowest BCUT2D eigenvalue weighted by Gasteiger charge is -2.46. The molecule has 1 fully saturated rings. The maximum Gasteiger partial charge on any atom is 0.239 e. The van der Waals surface area contributed by atoms with E-state index in [1.165, 1.54) is 6.20 Å². The Morgan fingerprint density at radius 1 is 1.31 bits per heavy atom. The summed E-state index contributed by atoms with van der Waals surface area (Å²) >= 11 is 0. The fourth-order valence-electron chi connectivity index (χ4n) is 4.01. The zero-order valence-electron chi connectivity index (χ0n) is 18.3. The van der Waals surface area contributed by atoms with E-state index >= 15 is 0 Å². The van der Waals surface area contributed by atoms with Crippen molar-refractivity contribution in [2.24, 2.45) is 5.73 Å². The summed E-state index contributed by atoms with van der Waals surface area (Å²) in [7, 11) is -3.47. The Balaban J connectivity index is 0.00000256. The third kappa shape index (κ3) is 6.02. The highest BCUT2D eigenvalue weighted by Crippen LogP contribution is 2.55. The number of nitrogens with two attached hydrogens (primary N) is 1. The van der Waals surface area contributed by atoms with Crippen molar-refractivity contribution in [1.82, 2.24) is 14.2 Å². The van der Waals surface area contributed by atoms with Gasteiger partial charge in [-0.05, 0) is 25.8 Å². The smallest absolute Gasteiger partial charge is 0.239 e. The Morgan fingerprint density at radius 2 is 2.03 bits per heavy atom. The molecule has 1 amide bonds. The number of rotatable bonds is 6.